The van der Waals surface area contributed by atoms with Gasteiger partial charge in [-0.15, -0.1) is 0 Å². The minimum Gasteiger partial charge on any atom is -0.444 e. The van der Waals surface area contributed by atoms with Crippen molar-refractivity contribution >= 4 is 6.09 Å². The smallest absolute Gasteiger partial charge is 0.410 e. The van der Waals surface area contributed by atoms with E-state index in [1.54, 1.807) is 0 Å². The minimum absolute atomic E-state index is 0.196. The standard InChI is InChI=1S/C16H24N2O2/c1-12-9-14(11-17-10-12)13-5-7-18(8-6-13)15(19)20-16(2,3)4/h9-11,13H,5-8H2,1-4H3. The van der Waals surface area contributed by atoms with Gasteiger partial charge in [-0.05, 0) is 57.6 Å². The molecule has 0 aromatic carbocycles. The normalized spacial score (nSPS) is 17.1. The van der Waals surface area contributed by atoms with Crippen LogP contribution in [-0.2, 0) is 4.74 Å². The van der Waals surface area contributed by atoms with Crippen LogP contribution < -0.4 is 0 Å². The lowest BCUT2D eigenvalue weighted by molar-refractivity contribution is 0.0205. The van der Waals surface area contributed by atoms with Gasteiger partial charge in [-0.25, -0.2) is 4.79 Å². The first-order chi connectivity index (χ1) is 9.35. The predicted octanol–water partition coefficient (Wildman–Crippen LogP) is 3.50. The van der Waals surface area contributed by atoms with Crippen LogP contribution in [-0.4, -0.2) is 34.7 Å². The summed E-state index contributed by atoms with van der Waals surface area (Å²) in [6.45, 7) is 9.27. The Morgan fingerprint density at radius 2 is 1.95 bits per heavy atom. The van der Waals surface area contributed by atoms with Crippen LogP contribution in [0, 0.1) is 6.92 Å². The van der Waals surface area contributed by atoms with Crippen molar-refractivity contribution in [2.24, 2.45) is 0 Å². The summed E-state index contributed by atoms with van der Waals surface area (Å²) < 4.78 is 5.41. The van der Waals surface area contributed by atoms with Gasteiger partial charge in [0.25, 0.3) is 0 Å². The molecule has 0 atom stereocenters. The Labute approximate surface area is 121 Å². The molecule has 4 nitrogen and oxygen atoms in total. The number of pyridine rings is 1. The largest absolute Gasteiger partial charge is 0.444 e. The molecule has 1 aromatic rings. The molecule has 0 saturated carbocycles. The van der Waals surface area contributed by atoms with Crippen LogP contribution in [0.5, 0.6) is 0 Å². The maximum atomic E-state index is 12.0. The second-order valence-electron chi connectivity index (χ2n) is 6.54. The van der Waals surface area contributed by atoms with E-state index in [-0.39, 0.29) is 6.09 Å². The summed E-state index contributed by atoms with van der Waals surface area (Å²) in [5.74, 6) is 0.501. The van der Waals surface area contributed by atoms with E-state index >= 15 is 0 Å². The monoisotopic (exact) mass is 276 g/mol. The highest BCUT2D eigenvalue weighted by atomic mass is 16.6. The van der Waals surface area contributed by atoms with Crippen molar-refractivity contribution in [2.75, 3.05) is 13.1 Å². The molecule has 0 unspecified atom stereocenters. The topological polar surface area (TPSA) is 42.4 Å². The first kappa shape index (κ1) is 14.8. The first-order valence-corrected chi connectivity index (χ1v) is 7.24. The molecule has 1 aliphatic rings. The lowest BCUT2D eigenvalue weighted by Gasteiger charge is -2.33. The average molecular weight is 276 g/mol. The number of aryl methyl sites for hydroxylation is 1. The van der Waals surface area contributed by atoms with Crippen LogP contribution in [0.15, 0.2) is 18.5 Å². The third-order valence-electron chi connectivity index (χ3n) is 3.51. The maximum Gasteiger partial charge on any atom is 0.410 e. The Morgan fingerprint density at radius 3 is 2.50 bits per heavy atom. The van der Waals surface area contributed by atoms with E-state index < -0.39 is 5.60 Å². The maximum absolute atomic E-state index is 12.0. The zero-order chi connectivity index (χ0) is 14.8. The number of rotatable bonds is 1. The highest BCUT2D eigenvalue weighted by Gasteiger charge is 2.27. The molecule has 2 heterocycles. The van der Waals surface area contributed by atoms with Gasteiger partial charge in [-0.1, -0.05) is 6.07 Å². The highest BCUT2D eigenvalue weighted by Crippen LogP contribution is 2.28. The second-order valence-corrected chi connectivity index (χ2v) is 6.54. The van der Waals surface area contributed by atoms with E-state index in [1.165, 1.54) is 11.1 Å². The Kier molecular flexibility index (Phi) is 4.31. The van der Waals surface area contributed by atoms with Crippen LogP contribution in [0.1, 0.15) is 50.7 Å². The third kappa shape index (κ3) is 3.95. The zero-order valence-corrected chi connectivity index (χ0v) is 12.8. The van der Waals surface area contributed by atoms with E-state index in [4.69, 9.17) is 4.74 Å². The summed E-state index contributed by atoms with van der Waals surface area (Å²) in [5, 5.41) is 0. The predicted molar refractivity (Wildman–Crippen MR) is 78.8 cm³/mol. The number of amides is 1. The molecule has 20 heavy (non-hydrogen) atoms. The van der Waals surface area contributed by atoms with Crippen molar-refractivity contribution in [2.45, 2.75) is 52.1 Å². The van der Waals surface area contributed by atoms with Crippen molar-refractivity contribution < 1.29 is 9.53 Å². The molecule has 1 amide bonds. The van der Waals surface area contributed by atoms with Gasteiger partial charge in [-0.2, -0.15) is 0 Å². The summed E-state index contributed by atoms with van der Waals surface area (Å²) in [5.41, 5.74) is 2.06. The molecule has 0 N–H and O–H groups in total. The van der Waals surface area contributed by atoms with Crippen LogP contribution >= 0.6 is 0 Å². The van der Waals surface area contributed by atoms with Gasteiger partial charge in [0.1, 0.15) is 5.60 Å². The molecular weight excluding hydrogens is 252 g/mol. The number of likely N-dealkylation sites (tertiary alicyclic amines) is 1. The summed E-state index contributed by atoms with van der Waals surface area (Å²) in [6, 6.07) is 2.20. The van der Waals surface area contributed by atoms with Crippen molar-refractivity contribution in [1.82, 2.24) is 9.88 Å². The highest BCUT2D eigenvalue weighted by molar-refractivity contribution is 5.68. The Bertz CT molecular complexity index is 472. The number of nitrogens with zero attached hydrogens (tertiary/aromatic N) is 2. The molecule has 1 aliphatic heterocycles. The van der Waals surface area contributed by atoms with Crippen molar-refractivity contribution in [3.63, 3.8) is 0 Å². The van der Waals surface area contributed by atoms with Gasteiger partial charge in [0.2, 0.25) is 0 Å². The Hall–Kier alpha value is -1.58. The zero-order valence-electron chi connectivity index (χ0n) is 12.8. The summed E-state index contributed by atoms with van der Waals surface area (Å²) in [4.78, 5) is 18.1. The fourth-order valence-corrected chi connectivity index (χ4v) is 2.52. The van der Waals surface area contributed by atoms with E-state index in [0.717, 1.165) is 25.9 Å². The lowest BCUT2D eigenvalue weighted by atomic mass is 9.90. The van der Waals surface area contributed by atoms with Crippen molar-refractivity contribution in [1.29, 1.82) is 0 Å². The van der Waals surface area contributed by atoms with Gasteiger partial charge < -0.3 is 9.64 Å². The summed E-state index contributed by atoms with van der Waals surface area (Å²) in [7, 11) is 0. The molecule has 0 bridgehead atoms. The third-order valence-corrected chi connectivity index (χ3v) is 3.51. The van der Waals surface area contributed by atoms with Gasteiger partial charge >= 0.3 is 6.09 Å². The van der Waals surface area contributed by atoms with Gasteiger partial charge in [0.05, 0.1) is 0 Å². The summed E-state index contributed by atoms with van der Waals surface area (Å²) >= 11 is 0. The molecule has 110 valence electrons. The van der Waals surface area contributed by atoms with Crippen LogP contribution in [0.3, 0.4) is 0 Å². The number of piperidine rings is 1. The van der Waals surface area contributed by atoms with Crippen molar-refractivity contribution in [3.8, 4) is 0 Å². The number of hydrogen-bond donors (Lipinski definition) is 0. The first-order valence-electron chi connectivity index (χ1n) is 7.24. The molecule has 1 aromatic heterocycles. The molecule has 0 aliphatic carbocycles. The summed E-state index contributed by atoms with van der Waals surface area (Å²) in [6.07, 6.45) is 5.58. The molecule has 1 fully saturated rings. The molecule has 0 spiro atoms. The molecular formula is C16H24N2O2. The number of ether oxygens (including phenoxy) is 1. The Balaban J connectivity index is 1.91. The van der Waals surface area contributed by atoms with Crippen LogP contribution in [0.4, 0.5) is 4.79 Å². The number of hydrogen-bond acceptors (Lipinski definition) is 3. The van der Waals surface area contributed by atoms with E-state index in [1.807, 2.05) is 38.1 Å². The van der Waals surface area contributed by atoms with Crippen molar-refractivity contribution in [3.05, 3.63) is 29.6 Å². The van der Waals surface area contributed by atoms with Crippen LogP contribution in [0.2, 0.25) is 0 Å². The fraction of sp³-hybridized carbons (Fsp3) is 0.625. The molecule has 4 heteroatoms. The quantitative estimate of drug-likeness (QED) is 0.788. The number of carbonyl (C=O) groups is 1. The lowest BCUT2D eigenvalue weighted by Crippen LogP contribution is -2.41. The molecule has 1 saturated heterocycles. The fourth-order valence-electron chi connectivity index (χ4n) is 2.52. The second kappa shape index (κ2) is 5.81. The molecule has 0 radical (unpaired) electrons. The number of aromatic nitrogens is 1. The van der Waals surface area contributed by atoms with E-state index in [2.05, 4.69) is 18.0 Å². The van der Waals surface area contributed by atoms with E-state index in [0.29, 0.717) is 5.92 Å². The van der Waals surface area contributed by atoms with Crippen LogP contribution in [0.25, 0.3) is 0 Å². The average Bonchev–Trinajstić information content (AvgIpc) is 2.37. The van der Waals surface area contributed by atoms with Gasteiger partial charge in [0, 0.05) is 25.5 Å². The van der Waals surface area contributed by atoms with E-state index in [9.17, 15) is 4.79 Å². The van der Waals surface area contributed by atoms with Gasteiger partial charge in [-0.3, -0.25) is 4.98 Å². The Morgan fingerprint density at radius 1 is 1.30 bits per heavy atom. The number of carbonyl (C=O) groups excluding carboxylic acids is 1. The van der Waals surface area contributed by atoms with Gasteiger partial charge in [0.15, 0.2) is 0 Å². The minimum atomic E-state index is -0.422. The SMILES string of the molecule is Cc1cncc(C2CCN(C(=O)OC(C)(C)C)CC2)c1. The molecule has 2 rings (SSSR count).